The first-order chi connectivity index (χ1) is 7.29. The van der Waals surface area contributed by atoms with Gasteiger partial charge in [-0.1, -0.05) is 6.92 Å². The van der Waals surface area contributed by atoms with Crippen molar-refractivity contribution in [1.29, 1.82) is 0 Å². The molecule has 15 heavy (non-hydrogen) atoms. The summed E-state index contributed by atoms with van der Waals surface area (Å²) in [6, 6.07) is 0. The minimum atomic E-state index is 0.249. The highest BCUT2D eigenvalue weighted by Gasteiger charge is 2.35. The Labute approximate surface area is 97.7 Å². The van der Waals surface area contributed by atoms with E-state index in [0.717, 1.165) is 26.2 Å². The van der Waals surface area contributed by atoms with Gasteiger partial charge < -0.3 is 10.5 Å². The van der Waals surface area contributed by atoms with Gasteiger partial charge in [0.2, 0.25) is 0 Å². The molecular weight excluding hydrogens is 208 g/mol. The molecule has 0 bridgehead atoms. The monoisotopic (exact) mass is 232 g/mol. The molecule has 0 spiro atoms. The average Bonchev–Trinajstić information content (AvgIpc) is 2.31. The third-order valence-electron chi connectivity index (χ3n) is 3.42. The molecule has 1 aliphatic heterocycles. The Morgan fingerprint density at radius 2 is 2.07 bits per heavy atom. The fourth-order valence-electron chi connectivity index (χ4n) is 2.33. The molecule has 0 unspecified atom stereocenters. The number of thioether (sulfide) groups is 1. The van der Waals surface area contributed by atoms with Crippen LogP contribution in [0.25, 0.3) is 0 Å². The van der Waals surface area contributed by atoms with E-state index in [1.54, 1.807) is 7.11 Å². The first-order valence-corrected chi connectivity index (χ1v) is 6.96. The second-order valence-electron chi connectivity index (χ2n) is 4.11. The van der Waals surface area contributed by atoms with Crippen molar-refractivity contribution in [2.45, 2.75) is 25.3 Å². The zero-order valence-corrected chi connectivity index (χ0v) is 10.8. The van der Waals surface area contributed by atoms with Gasteiger partial charge in [-0.15, -0.1) is 0 Å². The molecule has 1 rings (SSSR count). The van der Waals surface area contributed by atoms with E-state index >= 15 is 0 Å². The predicted octanol–water partition coefficient (Wildman–Crippen LogP) is 1.18. The standard InChI is InChI=1S/C11H24N2OS/c1-3-13(6-7-14-2)11(10-12)4-8-15-9-5-11/h3-10,12H2,1-2H3. The van der Waals surface area contributed by atoms with Gasteiger partial charge in [0, 0.05) is 25.7 Å². The van der Waals surface area contributed by atoms with Crippen LogP contribution in [-0.4, -0.2) is 55.3 Å². The molecule has 0 aromatic carbocycles. The van der Waals surface area contributed by atoms with Crippen LogP contribution in [0.5, 0.6) is 0 Å². The van der Waals surface area contributed by atoms with Gasteiger partial charge in [0.25, 0.3) is 0 Å². The lowest BCUT2D eigenvalue weighted by Gasteiger charge is -2.45. The van der Waals surface area contributed by atoms with Crippen LogP contribution in [-0.2, 0) is 4.74 Å². The summed E-state index contributed by atoms with van der Waals surface area (Å²) in [6.45, 7) is 5.89. The van der Waals surface area contributed by atoms with Gasteiger partial charge in [-0.2, -0.15) is 11.8 Å². The van der Waals surface area contributed by atoms with E-state index in [-0.39, 0.29) is 5.54 Å². The first-order valence-electron chi connectivity index (χ1n) is 5.81. The Kier molecular flexibility index (Phi) is 5.97. The molecule has 1 fully saturated rings. The number of ether oxygens (including phenoxy) is 1. The molecule has 1 saturated heterocycles. The molecule has 0 atom stereocenters. The van der Waals surface area contributed by atoms with Crippen molar-refractivity contribution in [2.24, 2.45) is 5.73 Å². The number of hydrogen-bond donors (Lipinski definition) is 1. The average molecular weight is 232 g/mol. The molecule has 0 radical (unpaired) electrons. The van der Waals surface area contributed by atoms with Crippen LogP contribution < -0.4 is 5.73 Å². The van der Waals surface area contributed by atoms with Gasteiger partial charge in [0.15, 0.2) is 0 Å². The molecule has 0 amide bonds. The van der Waals surface area contributed by atoms with Gasteiger partial charge in [-0.05, 0) is 30.9 Å². The van der Waals surface area contributed by atoms with E-state index in [1.807, 2.05) is 0 Å². The number of methoxy groups -OCH3 is 1. The number of rotatable bonds is 6. The Morgan fingerprint density at radius 1 is 1.40 bits per heavy atom. The highest BCUT2D eigenvalue weighted by molar-refractivity contribution is 7.99. The van der Waals surface area contributed by atoms with Crippen LogP contribution in [0.2, 0.25) is 0 Å². The second kappa shape index (κ2) is 6.74. The van der Waals surface area contributed by atoms with Gasteiger partial charge in [-0.25, -0.2) is 0 Å². The number of hydrogen-bond acceptors (Lipinski definition) is 4. The van der Waals surface area contributed by atoms with E-state index in [1.165, 1.54) is 24.3 Å². The second-order valence-corrected chi connectivity index (χ2v) is 5.34. The number of likely N-dealkylation sites (N-methyl/N-ethyl adjacent to an activating group) is 1. The zero-order valence-electron chi connectivity index (χ0n) is 10.00. The Hall–Kier alpha value is 0.230. The minimum Gasteiger partial charge on any atom is -0.383 e. The molecule has 1 aliphatic rings. The molecule has 2 N–H and O–H groups in total. The summed E-state index contributed by atoms with van der Waals surface area (Å²) in [7, 11) is 1.76. The van der Waals surface area contributed by atoms with Crippen LogP contribution in [0.3, 0.4) is 0 Å². The van der Waals surface area contributed by atoms with Crippen molar-refractivity contribution < 1.29 is 4.74 Å². The van der Waals surface area contributed by atoms with Crippen molar-refractivity contribution in [2.75, 3.05) is 44.9 Å². The topological polar surface area (TPSA) is 38.5 Å². The maximum absolute atomic E-state index is 5.99. The van der Waals surface area contributed by atoms with Gasteiger partial charge in [0.1, 0.15) is 0 Å². The molecule has 0 aliphatic carbocycles. The molecule has 3 nitrogen and oxygen atoms in total. The van der Waals surface area contributed by atoms with Crippen molar-refractivity contribution in [3.05, 3.63) is 0 Å². The predicted molar refractivity (Wildman–Crippen MR) is 67.5 cm³/mol. The summed E-state index contributed by atoms with van der Waals surface area (Å²) >= 11 is 2.05. The Morgan fingerprint density at radius 3 is 2.53 bits per heavy atom. The summed E-state index contributed by atoms with van der Waals surface area (Å²) in [4.78, 5) is 2.51. The maximum atomic E-state index is 5.99. The maximum Gasteiger partial charge on any atom is 0.0589 e. The lowest BCUT2D eigenvalue weighted by molar-refractivity contribution is 0.0580. The minimum absolute atomic E-state index is 0.249. The lowest BCUT2D eigenvalue weighted by atomic mass is 9.90. The molecule has 4 heteroatoms. The Balaban J connectivity index is 2.58. The van der Waals surface area contributed by atoms with E-state index in [0.29, 0.717) is 0 Å². The van der Waals surface area contributed by atoms with Crippen molar-refractivity contribution in [1.82, 2.24) is 4.90 Å². The normalized spacial score (nSPS) is 20.8. The fraction of sp³-hybridized carbons (Fsp3) is 1.00. The zero-order chi connectivity index (χ0) is 11.1. The van der Waals surface area contributed by atoms with Crippen molar-refractivity contribution >= 4 is 11.8 Å². The molecule has 0 aromatic rings. The summed E-state index contributed by atoms with van der Waals surface area (Å²) in [5.74, 6) is 2.50. The summed E-state index contributed by atoms with van der Waals surface area (Å²) < 4.78 is 5.17. The van der Waals surface area contributed by atoms with Crippen LogP contribution in [0.1, 0.15) is 19.8 Å². The Bertz CT molecular complexity index is 172. The largest absolute Gasteiger partial charge is 0.383 e. The molecule has 0 aromatic heterocycles. The molecule has 1 heterocycles. The summed E-state index contributed by atoms with van der Waals surface area (Å²) in [5, 5.41) is 0. The van der Waals surface area contributed by atoms with Crippen LogP contribution in [0, 0.1) is 0 Å². The van der Waals surface area contributed by atoms with Crippen molar-refractivity contribution in [3.8, 4) is 0 Å². The van der Waals surface area contributed by atoms with Crippen LogP contribution in [0.15, 0.2) is 0 Å². The lowest BCUT2D eigenvalue weighted by Crippen LogP contribution is -2.56. The number of nitrogens with two attached hydrogens (primary N) is 1. The third kappa shape index (κ3) is 3.34. The molecule has 0 saturated carbocycles. The fourth-order valence-corrected chi connectivity index (χ4v) is 3.59. The quantitative estimate of drug-likeness (QED) is 0.746. The smallest absolute Gasteiger partial charge is 0.0589 e. The van der Waals surface area contributed by atoms with Crippen molar-refractivity contribution in [3.63, 3.8) is 0 Å². The van der Waals surface area contributed by atoms with Crippen LogP contribution in [0.4, 0.5) is 0 Å². The highest BCUT2D eigenvalue weighted by Crippen LogP contribution is 2.31. The number of nitrogens with zero attached hydrogens (tertiary/aromatic N) is 1. The third-order valence-corrected chi connectivity index (χ3v) is 4.41. The summed E-state index contributed by atoms with van der Waals surface area (Å²) in [5.41, 5.74) is 6.24. The van der Waals surface area contributed by atoms with E-state index in [4.69, 9.17) is 10.5 Å². The first kappa shape index (κ1) is 13.3. The highest BCUT2D eigenvalue weighted by atomic mass is 32.2. The van der Waals surface area contributed by atoms with E-state index in [2.05, 4.69) is 23.6 Å². The molecule has 90 valence electrons. The SMILES string of the molecule is CCN(CCOC)C1(CN)CCSCC1. The van der Waals surface area contributed by atoms with Gasteiger partial charge in [-0.3, -0.25) is 4.90 Å². The van der Waals surface area contributed by atoms with E-state index in [9.17, 15) is 0 Å². The van der Waals surface area contributed by atoms with Gasteiger partial charge >= 0.3 is 0 Å². The van der Waals surface area contributed by atoms with E-state index < -0.39 is 0 Å². The van der Waals surface area contributed by atoms with Gasteiger partial charge in [0.05, 0.1) is 6.61 Å². The van der Waals surface area contributed by atoms with Crippen LogP contribution >= 0.6 is 11.8 Å². The molecular formula is C11H24N2OS. The summed E-state index contributed by atoms with van der Waals surface area (Å²) in [6.07, 6.45) is 2.46.